The molecule has 12 heteroatoms. The number of hydrogen-bond donors (Lipinski definition) is 2. The summed E-state index contributed by atoms with van der Waals surface area (Å²) in [5.74, 6) is -5.98. The predicted molar refractivity (Wildman–Crippen MR) is 37.9 cm³/mol. The molecule has 0 bridgehead atoms. The van der Waals surface area contributed by atoms with Gasteiger partial charge in [0, 0.05) is 24.8 Å². The second-order valence-electron chi connectivity index (χ2n) is 2.52. The van der Waals surface area contributed by atoms with Crippen molar-refractivity contribution in [1.82, 2.24) is 0 Å². The van der Waals surface area contributed by atoms with Crippen molar-refractivity contribution in [3.8, 4) is 0 Å². The summed E-state index contributed by atoms with van der Waals surface area (Å²) >= 11 is 0. The first kappa shape index (κ1) is 33.4. The molecule has 0 aliphatic carbocycles. The fraction of sp³-hybridized carbons (Fsp3) is 0.429. The van der Waals surface area contributed by atoms with Crippen LogP contribution >= 0.6 is 0 Å². The van der Waals surface area contributed by atoms with Crippen molar-refractivity contribution in [3.05, 3.63) is 0 Å². The monoisotopic (exact) mass is 352 g/mol. The fourth-order valence-corrected chi connectivity index (χ4v) is 0.684. The Morgan fingerprint density at radius 3 is 1.26 bits per heavy atom. The second kappa shape index (κ2) is 18.8. The van der Waals surface area contributed by atoms with Crippen molar-refractivity contribution in [1.29, 1.82) is 0 Å². The number of carboxylic acid groups (broad SMARTS) is 4. The molecule has 0 aromatic rings. The molecule has 19 heavy (non-hydrogen) atoms. The number of carbonyl (C=O) groups excluding carboxylic acids is 3. The number of aliphatic hydroxyl groups is 1. The van der Waals surface area contributed by atoms with Crippen molar-refractivity contribution in [2.24, 2.45) is 0 Å². The molecule has 0 rings (SSSR count). The van der Waals surface area contributed by atoms with Gasteiger partial charge in [-0.05, 0) is 0 Å². The van der Waals surface area contributed by atoms with Crippen molar-refractivity contribution in [3.63, 3.8) is 0 Å². The first-order valence-electron chi connectivity index (χ1n) is 3.61. The van der Waals surface area contributed by atoms with Crippen LogP contribution in [0.3, 0.4) is 0 Å². The molecule has 0 aromatic carbocycles. The van der Waals surface area contributed by atoms with E-state index in [1.807, 2.05) is 0 Å². The summed E-state index contributed by atoms with van der Waals surface area (Å²) < 4.78 is 0. The third-order valence-corrected chi connectivity index (χ3v) is 1.25. The Kier molecular flexibility index (Phi) is 33.0. The van der Waals surface area contributed by atoms with Crippen LogP contribution in [0.5, 0.6) is 0 Å². The Labute approximate surface area is 235 Å². The van der Waals surface area contributed by atoms with Gasteiger partial charge in [-0.25, -0.2) is 0 Å². The van der Waals surface area contributed by atoms with Gasteiger partial charge in [-0.1, -0.05) is 0 Å². The van der Waals surface area contributed by atoms with E-state index in [2.05, 4.69) is 0 Å². The predicted octanol–water partition coefficient (Wildman–Crippen LogP) is -14.5. The van der Waals surface area contributed by atoms with E-state index in [1.165, 1.54) is 0 Å². The van der Waals surface area contributed by atoms with E-state index in [1.54, 1.807) is 0 Å². The average molecular weight is 352 g/mol. The Morgan fingerprint density at radius 1 is 0.947 bits per heavy atom. The van der Waals surface area contributed by atoms with Crippen molar-refractivity contribution in [2.75, 3.05) is 0 Å². The minimum atomic E-state index is -2.97. The summed E-state index contributed by atoms with van der Waals surface area (Å²) in [6.07, 6.45) is -2.72. The molecular weight excluding hydrogens is 345 g/mol. The van der Waals surface area contributed by atoms with Gasteiger partial charge in [-0.15, -0.1) is 0 Å². The van der Waals surface area contributed by atoms with Gasteiger partial charge in [0.25, 0.3) is 6.47 Å². The molecule has 0 atom stereocenters. The number of aliphatic carboxylic acids is 3. The number of hydrogen-bond acceptors (Lipinski definition) is 8. The van der Waals surface area contributed by atoms with E-state index < -0.39 is 36.4 Å². The zero-order valence-electron chi connectivity index (χ0n) is 10.7. The standard InChI is InChI=1S/C6H8O7.CH2O2.3K/c7-3(8)1-6(13,5(11)12)2-4(9)10;2-1-3;;;/h13H,1-2H2,(H,7,8)(H,9,10)(H,11,12);1H,(H,2,3);;;/q;;3*+1/p-3. The molecule has 0 spiro atoms. The van der Waals surface area contributed by atoms with Gasteiger partial charge >= 0.3 is 154 Å². The third-order valence-electron chi connectivity index (χ3n) is 1.25. The van der Waals surface area contributed by atoms with Crippen LogP contribution in [-0.2, 0) is 19.2 Å². The Bertz CT molecular complexity index is 278. The third kappa shape index (κ3) is 20.7. The summed E-state index contributed by atoms with van der Waals surface area (Å²) in [5.41, 5.74) is -2.97. The van der Waals surface area contributed by atoms with E-state index in [-0.39, 0.29) is 161 Å². The summed E-state index contributed by atoms with van der Waals surface area (Å²) in [5, 5.41) is 45.8. The van der Waals surface area contributed by atoms with Crippen LogP contribution < -0.4 is 169 Å². The van der Waals surface area contributed by atoms with Crippen LogP contribution in [0.25, 0.3) is 0 Å². The molecule has 0 heterocycles. The largest absolute Gasteiger partial charge is 1.00 e. The molecular formula is C7H7K3O9. The van der Waals surface area contributed by atoms with Crippen LogP contribution in [0.4, 0.5) is 0 Å². The van der Waals surface area contributed by atoms with E-state index in [0.29, 0.717) is 0 Å². The number of carbonyl (C=O) groups is 4. The first-order valence-corrected chi connectivity index (χ1v) is 3.61. The van der Waals surface area contributed by atoms with Crippen LogP contribution in [0, 0.1) is 0 Å². The molecule has 9 nitrogen and oxygen atoms in total. The van der Waals surface area contributed by atoms with Gasteiger partial charge in [0.1, 0.15) is 5.60 Å². The zero-order valence-corrected chi connectivity index (χ0v) is 20.1. The van der Waals surface area contributed by atoms with Gasteiger partial charge in [0.2, 0.25) is 0 Å². The molecule has 0 aromatic heterocycles. The van der Waals surface area contributed by atoms with E-state index in [0.717, 1.165) is 0 Å². The Morgan fingerprint density at radius 2 is 1.16 bits per heavy atom. The molecule has 2 N–H and O–H groups in total. The van der Waals surface area contributed by atoms with Crippen LogP contribution in [0.15, 0.2) is 0 Å². The molecule has 0 saturated carbocycles. The zero-order chi connectivity index (χ0) is 13.4. The number of carboxylic acids is 3. The molecule has 0 amide bonds. The van der Waals surface area contributed by atoms with Gasteiger partial charge in [0.05, 0.1) is 5.97 Å². The van der Waals surface area contributed by atoms with Crippen molar-refractivity contribution in [2.45, 2.75) is 18.4 Å². The van der Waals surface area contributed by atoms with Crippen molar-refractivity contribution < 1.29 is 199 Å². The second-order valence-corrected chi connectivity index (χ2v) is 2.52. The van der Waals surface area contributed by atoms with E-state index in [4.69, 9.17) is 15.0 Å². The van der Waals surface area contributed by atoms with Crippen LogP contribution in [0.1, 0.15) is 12.8 Å². The Balaban J connectivity index is -0.0000000992. The maximum atomic E-state index is 10.1. The SMILES string of the molecule is O=C([O-])CC(O)(CC(=O)[O-])C(=O)[O-].O=CO.[K+].[K+].[K+]. The molecule has 0 fully saturated rings. The van der Waals surface area contributed by atoms with Crippen molar-refractivity contribution >= 4 is 24.4 Å². The summed E-state index contributed by atoms with van der Waals surface area (Å²) in [6, 6.07) is 0. The van der Waals surface area contributed by atoms with Gasteiger partial charge in [0.15, 0.2) is 0 Å². The fourth-order valence-electron chi connectivity index (χ4n) is 0.684. The smallest absolute Gasteiger partial charge is 0.550 e. The Hall–Kier alpha value is 2.75. The molecule has 0 radical (unpaired) electrons. The number of rotatable bonds is 5. The van der Waals surface area contributed by atoms with Crippen LogP contribution in [-0.4, -0.2) is 40.2 Å². The summed E-state index contributed by atoms with van der Waals surface area (Å²) in [4.78, 5) is 38.4. The summed E-state index contributed by atoms with van der Waals surface area (Å²) in [7, 11) is 0. The minimum absolute atomic E-state index is 0. The van der Waals surface area contributed by atoms with Crippen LogP contribution in [0.2, 0.25) is 0 Å². The first-order chi connectivity index (χ1) is 7.19. The topological polar surface area (TPSA) is 178 Å². The normalized spacial score (nSPS) is 8.05. The van der Waals surface area contributed by atoms with Gasteiger partial charge in [-0.2, -0.15) is 0 Å². The molecule has 92 valence electrons. The van der Waals surface area contributed by atoms with Gasteiger partial charge in [-0.3, -0.25) is 4.79 Å². The maximum absolute atomic E-state index is 10.1. The average Bonchev–Trinajstić information content (AvgIpc) is 2.01. The summed E-state index contributed by atoms with van der Waals surface area (Å²) in [6.45, 7) is -0.250. The quantitative estimate of drug-likeness (QED) is 0.359. The molecule has 0 unspecified atom stereocenters. The molecule has 0 saturated heterocycles. The van der Waals surface area contributed by atoms with Gasteiger partial charge < -0.3 is 39.9 Å². The van der Waals surface area contributed by atoms with E-state index >= 15 is 0 Å². The molecule has 0 aliphatic heterocycles. The molecule has 0 aliphatic rings. The maximum Gasteiger partial charge on any atom is 1.00 e. The van der Waals surface area contributed by atoms with E-state index in [9.17, 15) is 29.7 Å². The minimum Gasteiger partial charge on any atom is -0.550 e.